The number of nitrogens with zero attached hydrogens (tertiary/aromatic N) is 1. The Kier molecular flexibility index (Phi) is 4.72. The zero-order valence-electron chi connectivity index (χ0n) is 10.1. The van der Waals surface area contributed by atoms with E-state index in [0.717, 1.165) is 0 Å². The van der Waals surface area contributed by atoms with Crippen molar-refractivity contribution < 1.29 is 9.31 Å². The average Bonchev–Trinajstić information content (AvgIpc) is 2.39. The predicted molar refractivity (Wildman–Crippen MR) is 82.2 cm³/mol. The maximum atomic E-state index is 13.6. The molecule has 0 fully saturated rings. The van der Waals surface area contributed by atoms with E-state index in [1.165, 1.54) is 12.1 Å². The molecule has 0 aliphatic rings. The standard InChI is InChI=1S/C13H9Br2FN2O2/c14-9-4-5-11(10(16)6-9)17-7-8-2-1-3-12(13(8)15)18(19)20/h1-6,17H,7H2. The molecule has 0 heterocycles. The van der Waals surface area contributed by atoms with Gasteiger partial charge in [-0.3, -0.25) is 10.1 Å². The molecule has 0 amide bonds. The molecule has 0 atom stereocenters. The van der Waals surface area contributed by atoms with Crippen molar-refractivity contribution in [3.63, 3.8) is 0 Å². The maximum Gasteiger partial charge on any atom is 0.283 e. The second-order valence-electron chi connectivity index (χ2n) is 3.99. The molecule has 2 rings (SSSR count). The van der Waals surface area contributed by atoms with Crippen LogP contribution in [0.1, 0.15) is 5.56 Å². The number of hydrogen-bond donors (Lipinski definition) is 1. The predicted octanol–water partition coefficient (Wildman–Crippen LogP) is 4.87. The molecule has 104 valence electrons. The molecule has 0 aliphatic heterocycles. The molecule has 0 radical (unpaired) electrons. The van der Waals surface area contributed by atoms with Crippen LogP contribution in [0.5, 0.6) is 0 Å². The fourth-order valence-electron chi connectivity index (χ4n) is 1.67. The van der Waals surface area contributed by atoms with Gasteiger partial charge in [-0.05, 0) is 39.7 Å². The molecule has 0 aliphatic carbocycles. The average molecular weight is 404 g/mol. The van der Waals surface area contributed by atoms with Gasteiger partial charge in [0.1, 0.15) is 10.3 Å². The molecule has 0 spiro atoms. The molecule has 0 aromatic heterocycles. The molecule has 0 bridgehead atoms. The van der Waals surface area contributed by atoms with Crippen LogP contribution in [-0.4, -0.2) is 4.92 Å². The summed E-state index contributed by atoms with van der Waals surface area (Å²) >= 11 is 6.38. The van der Waals surface area contributed by atoms with Crippen molar-refractivity contribution in [1.82, 2.24) is 0 Å². The molecule has 1 N–H and O–H groups in total. The van der Waals surface area contributed by atoms with Crippen molar-refractivity contribution in [1.29, 1.82) is 0 Å². The van der Waals surface area contributed by atoms with E-state index < -0.39 is 4.92 Å². The van der Waals surface area contributed by atoms with Gasteiger partial charge in [-0.15, -0.1) is 0 Å². The second kappa shape index (κ2) is 6.32. The summed E-state index contributed by atoms with van der Waals surface area (Å²) in [6.45, 7) is 0.279. The Labute approximate surface area is 131 Å². The summed E-state index contributed by atoms with van der Waals surface area (Å²) in [5.74, 6) is -0.388. The number of anilines is 1. The Bertz CT molecular complexity index is 665. The smallest absolute Gasteiger partial charge is 0.283 e. The Balaban J connectivity index is 2.19. The van der Waals surface area contributed by atoms with Crippen molar-refractivity contribution in [2.75, 3.05) is 5.32 Å². The first-order chi connectivity index (χ1) is 9.49. The minimum atomic E-state index is -0.464. The highest BCUT2D eigenvalue weighted by Crippen LogP contribution is 2.29. The second-order valence-corrected chi connectivity index (χ2v) is 5.69. The van der Waals surface area contributed by atoms with Gasteiger partial charge in [0.2, 0.25) is 0 Å². The quantitative estimate of drug-likeness (QED) is 0.585. The summed E-state index contributed by atoms with van der Waals surface area (Å²) in [5.41, 5.74) is 1.01. The van der Waals surface area contributed by atoms with Crippen LogP contribution in [0.15, 0.2) is 45.3 Å². The SMILES string of the molecule is O=[N+]([O-])c1cccc(CNc2ccc(Br)cc2F)c1Br. The number of nitro benzene ring substituents is 1. The number of nitrogens with one attached hydrogen (secondary N) is 1. The summed E-state index contributed by atoms with van der Waals surface area (Å²) in [6.07, 6.45) is 0. The minimum absolute atomic E-state index is 0.0134. The Morgan fingerprint density at radius 1 is 1.25 bits per heavy atom. The first-order valence-electron chi connectivity index (χ1n) is 5.59. The normalized spacial score (nSPS) is 10.3. The summed E-state index contributed by atoms with van der Waals surface area (Å²) in [6, 6.07) is 9.41. The topological polar surface area (TPSA) is 55.2 Å². The van der Waals surface area contributed by atoms with E-state index in [-0.39, 0.29) is 18.0 Å². The molecule has 2 aromatic carbocycles. The van der Waals surface area contributed by atoms with Crippen molar-refractivity contribution in [2.45, 2.75) is 6.54 Å². The third-order valence-corrected chi connectivity index (χ3v) is 4.06. The number of rotatable bonds is 4. The van der Waals surface area contributed by atoms with Crippen LogP contribution in [0.4, 0.5) is 15.8 Å². The minimum Gasteiger partial charge on any atom is -0.379 e. The van der Waals surface area contributed by atoms with Crippen LogP contribution in [0.2, 0.25) is 0 Å². The molecule has 0 saturated carbocycles. The largest absolute Gasteiger partial charge is 0.379 e. The van der Waals surface area contributed by atoms with Gasteiger partial charge in [0.15, 0.2) is 0 Å². The molecule has 4 nitrogen and oxygen atoms in total. The van der Waals surface area contributed by atoms with Gasteiger partial charge < -0.3 is 5.32 Å². The summed E-state index contributed by atoms with van der Waals surface area (Å²) in [4.78, 5) is 10.4. The van der Waals surface area contributed by atoms with Crippen molar-refractivity contribution in [2.24, 2.45) is 0 Å². The summed E-state index contributed by atoms with van der Waals surface area (Å²) < 4.78 is 14.7. The first kappa shape index (κ1) is 14.9. The van der Waals surface area contributed by atoms with Crippen LogP contribution < -0.4 is 5.32 Å². The van der Waals surface area contributed by atoms with E-state index in [9.17, 15) is 14.5 Å². The van der Waals surface area contributed by atoms with Gasteiger partial charge in [-0.1, -0.05) is 28.1 Å². The van der Waals surface area contributed by atoms with E-state index in [2.05, 4.69) is 37.2 Å². The number of nitro groups is 1. The maximum absolute atomic E-state index is 13.6. The lowest BCUT2D eigenvalue weighted by Crippen LogP contribution is -2.03. The van der Waals surface area contributed by atoms with Gasteiger partial charge in [-0.25, -0.2) is 4.39 Å². The van der Waals surface area contributed by atoms with E-state index >= 15 is 0 Å². The van der Waals surface area contributed by atoms with Crippen LogP contribution in [0, 0.1) is 15.9 Å². The lowest BCUT2D eigenvalue weighted by Gasteiger charge is -2.09. The van der Waals surface area contributed by atoms with E-state index in [1.54, 1.807) is 24.3 Å². The van der Waals surface area contributed by atoms with Crippen molar-refractivity contribution >= 4 is 43.2 Å². The van der Waals surface area contributed by atoms with Gasteiger partial charge in [0.25, 0.3) is 5.69 Å². The van der Waals surface area contributed by atoms with Crippen molar-refractivity contribution in [3.05, 3.63) is 66.8 Å². The van der Waals surface area contributed by atoms with Crippen LogP contribution >= 0.6 is 31.9 Å². The molecular formula is C13H9Br2FN2O2. The van der Waals surface area contributed by atoms with Gasteiger partial charge in [0.05, 0.1) is 10.6 Å². The highest BCUT2D eigenvalue weighted by molar-refractivity contribution is 9.10. The number of benzene rings is 2. The first-order valence-corrected chi connectivity index (χ1v) is 7.18. The lowest BCUT2D eigenvalue weighted by molar-refractivity contribution is -0.385. The lowest BCUT2D eigenvalue weighted by atomic mass is 10.2. The van der Waals surface area contributed by atoms with E-state index in [0.29, 0.717) is 20.2 Å². The molecule has 7 heteroatoms. The van der Waals surface area contributed by atoms with E-state index in [4.69, 9.17) is 0 Å². The fourth-order valence-corrected chi connectivity index (χ4v) is 2.55. The Hall–Kier alpha value is -1.47. The number of halogens is 3. The highest BCUT2D eigenvalue weighted by Gasteiger charge is 2.14. The molecule has 20 heavy (non-hydrogen) atoms. The third-order valence-electron chi connectivity index (χ3n) is 2.66. The Morgan fingerprint density at radius 3 is 2.65 bits per heavy atom. The summed E-state index contributed by atoms with van der Waals surface area (Å²) in [5, 5.41) is 13.7. The van der Waals surface area contributed by atoms with Crippen LogP contribution in [0.3, 0.4) is 0 Å². The summed E-state index contributed by atoms with van der Waals surface area (Å²) in [7, 11) is 0. The highest BCUT2D eigenvalue weighted by atomic mass is 79.9. The molecule has 0 saturated heterocycles. The molecule has 2 aromatic rings. The monoisotopic (exact) mass is 402 g/mol. The van der Waals surface area contributed by atoms with E-state index in [1.807, 2.05) is 0 Å². The van der Waals surface area contributed by atoms with Crippen LogP contribution in [-0.2, 0) is 6.54 Å². The van der Waals surface area contributed by atoms with Gasteiger partial charge in [0, 0.05) is 17.1 Å². The third kappa shape index (κ3) is 3.34. The van der Waals surface area contributed by atoms with Crippen LogP contribution in [0.25, 0.3) is 0 Å². The van der Waals surface area contributed by atoms with Gasteiger partial charge >= 0.3 is 0 Å². The molecule has 0 unspecified atom stereocenters. The Morgan fingerprint density at radius 2 is 2.00 bits per heavy atom. The zero-order chi connectivity index (χ0) is 14.7. The van der Waals surface area contributed by atoms with Crippen molar-refractivity contribution in [3.8, 4) is 0 Å². The molecular weight excluding hydrogens is 395 g/mol. The number of hydrogen-bond acceptors (Lipinski definition) is 3. The zero-order valence-corrected chi connectivity index (χ0v) is 13.2. The van der Waals surface area contributed by atoms with Gasteiger partial charge in [-0.2, -0.15) is 0 Å². The fraction of sp³-hybridized carbons (Fsp3) is 0.0769.